The normalized spacial score (nSPS) is 13.1. The van der Waals surface area contributed by atoms with Crippen molar-refractivity contribution < 1.29 is 14.6 Å². The smallest absolute Gasteiger partial charge is 0.323 e. The summed E-state index contributed by atoms with van der Waals surface area (Å²) in [6.45, 7) is 9.74. The molecule has 100 valence electrons. The van der Waals surface area contributed by atoms with Crippen LogP contribution in [-0.2, 0) is 4.74 Å². The average molecular weight is 259 g/mol. The fourth-order valence-corrected chi connectivity index (χ4v) is 2.66. The van der Waals surface area contributed by atoms with Gasteiger partial charge in [0.2, 0.25) is 0 Å². The molecule has 0 saturated heterocycles. The number of hydrogen-bond acceptors (Lipinski definition) is 3. The molecular weight excluding hydrogens is 235 g/mol. The molecular formula is C13H24O3P-. The first-order valence-corrected chi connectivity index (χ1v) is 7.21. The Kier molecular flexibility index (Phi) is 8.24. The van der Waals surface area contributed by atoms with Gasteiger partial charge in [-0.05, 0) is 46.8 Å². The molecule has 0 heterocycles. The van der Waals surface area contributed by atoms with E-state index >= 15 is 0 Å². The Balaban J connectivity index is 4.04. The Labute approximate surface area is 106 Å². The van der Waals surface area contributed by atoms with Gasteiger partial charge >= 0.3 is 5.71 Å². The van der Waals surface area contributed by atoms with Crippen molar-refractivity contribution in [1.82, 2.24) is 0 Å². The van der Waals surface area contributed by atoms with Crippen molar-refractivity contribution in [2.75, 3.05) is 6.61 Å². The van der Waals surface area contributed by atoms with Crippen LogP contribution in [0.25, 0.3) is 0 Å². The number of ether oxygens (including phenoxy) is 1. The van der Waals surface area contributed by atoms with Crippen LogP contribution in [0.3, 0.4) is 0 Å². The summed E-state index contributed by atoms with van der Waals surface area (Å²) in [5.74, 6) is 0.494. The van der Waals surface area contributed by atoms with Crippen LogP contribution in [0.15, 0.2) is 11.3 Å². The van der Waals surface area contributed by atoms with E-state index in [1.54, 1.807) is 13.8 Å². The van der Waals surface area contributed by atoms with Crippen LogP contribution >= 0.6 is 8.58 Å². The Bertz CT molecular complexity index is 268. The lowest BCUT2D eigenvalue weighted by molar-refractivity contribution is -0.311. The van der Waals surface area contributed by atoms with Gasteiger partial charge in [0.15, 0.2) is 0 Å². The van der Waals surface area contributed by atoms with Crippen LogP contribution < -0.4 is 5.11 Å². The quantitative estimate of drug-likeness (QED) is 0.520. The monoisotopic (exact) mass is 259 g/mol. The Hall–Kier alpha value is -0.560. The highest BCUT2D eigenvalue weighted by Gasteiger charge is 2.14. The fourth-order valence-electron chi connectivity index (χ4n) is 1.38. The van der Waals surface area contributed by atoms with Crippen LogP contribution in [0.4, 0.5) is 4.79 Å². The van der Waals surface area contributed by atoms with E-state index in [0.717, 1.165) is 12.8 Å². The first-order valence-electron chi connectivity index (χ1n) is 6.13. The molecule has 0 aliphatic rings. The number of hydrogen-bond donors (Lipinski definition) is 0. The molecule has 4 heteroatoms. The number of carbonyl (C=O) groups excluding carboxylic acids is 1. The summed E-state index contributed by atoms with van der Waals surface area (Å²) in [5, 5.41) is 11.3. The molecule has 0 bridgehead atoms. The summed E-state index contributed by atoms with van der Waals surface area (Å²) in [5.41, 5.74) is 0.840. The number of rotatable bonds is 7. The van der Waals surface area contributed by atoms with Crippen molar-refractivity contribution in [3.05, 3.63) is 11.3 Å². The summed E-state index contributed by atoms with van der Waals surface area (Å²) in [4.78, 5) is 11.5. The molecule has 2 atom stereocenters. The molecule has 0 saturated carbocycles. The third kappa shape index (κ3) is 8.20. The Morgan fingerprint density at radius 2 is 1.94 bits per heavy atom. The fraction of sp³-hybridized carbons (Fsp3) is 0.769. The molecule has 0 spiro atoms. The minimum absolute atomic E-state index is 0.0972. The molecule has 3 nitrogen and oxygen atoms in total. The molecule has 0 aromatic carbocycles. The molecule has 0 aromatic heterocycles. The number of allylic oxidation sites excluding steroid dienone is 1. The third-order valence-electron chi connectivity index (χ3n) is 2.46. The predicted octanol–water partition coefficient (Wildman–Crippen LogP) is 3.28. The van der Waals surface area contributed by atoms with Crippen molar-refractivity contribution in [3.8, 4) is 0 Å². The average Bonchev–Trinajstić information content (AvgIpc) is 2.23. The second-order valence-electron chi connectivity index (χ2n) is 4.88. The largest absolute Gasteiger partial charge is 0.873 e. The topological polar surface area (TPSA) is 49.4 Å². The molecule has 2 unspecified atom stereocenters. The van der Waals surface area contributed by atoms with E-state index in [2.05, 4.69) is 20.8 Å². The van der Waals surface area contributed by atoms with E-state index in [-0.39, 0.29) is 26.7 Å². The molecule has 0 rings (SSSR count). The maximum Gasteiger partial charge on any atom is 0.323 e. The van der Waals surface area contributed by atoms with E-state index in [1.165, 1.54) is 0 Å². The van der Waals surface area contributed by atoms with Gasteiger partial charge in [-0.25, -0.2) is 4.79 Å². The lowest BCUT2D eigenvalue weighted by Gasteiger charge is -2.18. The lowest BCUT2D eigenvalue weighted by atomic mass is 10.1. The van der Waals surface area contributed by atoms with Crippen molar-refractivity contribution in [3.63, 3.8) is 0 Å². The minimum Gasteiger partial charge on any atom is -0.873 e. The van der Waals surface area contributed by atoms with Gasteiger partial charge in [0.1, 0.15) is 6.61 Å². The maximum atomic E-state index is 11.5. The van der Waals surface area contributed by atoms with Gasteiger partial charge in [-0.1, -0.05) is 32.1 Å². The summed E-state index contributed by atoms with van der Waals surface area (Å²) < 4.78 is 4.98. The van der Waals surface area contributed by atoms with E-state index in [1.807, 2.05) is 0 Å². The van der Waals surface area contributed by atoms with Crippen molar-refractivity contribution in [1.29, 1.82) is 0 Å². The molecule has 0 amide bonds. The SMILES string of the molecule is CCC(CC(C)C)PC(=O)OCC([O-])=C(C)C. The third-order valence-corrected chi connectivity index (χ3v) is 3.89. The Morgan fingerprint density at radius 1 is 1.35 bits per heavy atom. The van der Waals surface area contributed by atoms with Crippen molar-refractivity contribution in [2.24, 2.45) is 5.92 Å². The van der Waals surface area contributed by atoms with Crippen LogP contribution in [0.1, 0.15) is 47.5 Å². The highest BCUT2D eigenvalue weighted by molar-refractivity contribution is 7.57. The van der Waals surface area contributed by atoms with Gasteiger partial charge < -0.3 is 9.84 Å². The number of carbonyl (C=O) groups is 1. The summed E-state index contributed by atoms with van der Waals surface area (Å²) >= 11 is 0. The van der Waals surface area contributed by atoms with Gasteiger partial charge in [-0.2, -0.15) is 0 Å². The highest BCUT2D eigenvalue weighted by Crippen LogP contribution is 2.29. The first kappa shape index (κ1) is 16.4. The summed E-state index contributed by atoms with van der Waals surface area (Å²) in [7, 11) is 0.160. The van der Waals surface area contributed by atoms with Gasteiger partial charge in [-0.3, -0.25) is 0 Å². The second-order valence-corrected chi connectivity index (χ2v) is 6.39. The molecule has 0 fully saturated rings. The summed E-state index contributed by atoms with van der Waals surface area (Å²) in [6, 6.07) is 0. The van der Waals surface area contributed by atoms with E-state index in [9.17, 15) is 9.90 Å². The standard InChI is InChI=1S/C13H25O3P/c1-6-11(7-9(2)3)17-13(15)16-8-12(14)10(4)5/h9,11,14,17H,6-8H2,1-5H3/p-1. The van der Waals surface area contributed by atoms with Crippen LogP contribution in [0, 0.1) is 5.92 Å². The van der Waals surface area contributed by atoms with Gasteiger partial charge in [0.05, 0.1) is 0 Å². The minimum atomic E-state index is -0.230. The van der Waals surface area contributed by atoms with Gasteiger partial charge in [0.25, 0.3) is 0 Å². The van der Waals surface area contributed by atoms with E-state index in [0.29, 0.717) is 17.2 Å². The van der Waals surface area contributed by atoms with Crippen LogP contribution in [-0.4, -0.2) is 18.0 Å². The zero-order chi connectivity index (χ0) is 13.4. The van der Waals surface area contributed by atoms with E-state index < -0.39 is 0 Å². The summed E-state index contributed by atoms with van der Waals surface area (Å²) in [6.07, 6.45) is 2.02. The van der Waals surface area contributed by atoms with Crippen LogP contribution in [0.2, 0.25) is 0 Å². The van der Waals surface area contributed by atoms with Crippen LogP contribution in [0.5, 0.6) is 0 Å². The van der Waals surface area contributed by atoms with E-state index in [4.69, 9.17) is 4.74 Å². The highest BCUT2D eigenvalue weighted by atomic mass is 31.1. The molecule has 0 aliphatic carbocycles. The molecule has 0 aliphatic heterocycles. The van der Waals surface area contributed by atoms with Crippen molar-refractivity contribution in [2.45, 2.75) is 53.1 Å². The van der Waals surface area contributed by atoms with Gasteiger partial charge in [-0.15, -0.1) is 0 Å². The second kappa shape index (κ2) is 8.52. The molecule has 0 aromatic rings. The first-order chi connectivity index (χ1) is 7.86. The van der Waals surface area contributed by atoms with Crippen molar-refractivity contribution >= 4 is 14.3 Å². The zero-order valence-corrected chi connectivity index (χ0v) is 12.5. The lowest BCUT2D eigenvalue weighted by Crippen LogP contribution is -2.15. The zero-order valence-electron chi connectivity index (χ0n) is 11.5. The van der Waals surface area contributed by atoms with Gasteiger partial charge in [0, 0.05) is 0 Å². The predicted molar refractivity (Wildman–Crippen MR) is 71.6 cm³/mol. The molecule has 0 N–H and O–H groups in total. The molecule has 17 heavy (non-hydrogen) atoms. The molecule has 0 radical (unpaired) electrons. The maximum absolute atomic E-state index is 11.5. The Morgan fingerprint density at radius 3 is 2.35 bits per heavy atom.